The molecule has 0 heterocycles. The van der Waals surface area contributed by atoms with Crippen LogP contribution in [0.15, 0.2) is 54.6 Å². The number of benzene rings is 1. The molecular weight excluding hydrogens is 200 g/mol. The van der Waals surface area contributed by atoms with Gasteiger partial charge in [0.25, 0.3) is 0 Å². The Labute approximate surface area is 95.1 Å². The number of rotatable bonds is 3. The molecule has 82 valence electrons. The van der Waals surface area contributed by atoms with Gasteiger partial charge in [-0.2, -0.15) is 0 Å². The molecule has 1 rings (SSSR count). The van der Waals surface area contributed by atoms with Gasteiger partial charge in [-0.3, -0.25) is 10.8 Å². The molecule has 0 spiro atoms. The molecule has 0 unspecified atom stereocenters. The monoisotopic (exact) mass is 214 g/mol. The van der Waals surface area contributed by atoms with Gasteiger partial charge < -0.3 is 4.74 Å². The fourth-order valence-electron chi connectivity index (χ4n) is 1.15. The molecule has 2 N–H and O–H groups in total. The van der Waals surface area contributed by atoms with Crippen molar-refractivity contribution < 1.29 is 4.74 Å². The molecule has 0 saturated heterocycles. The summed E-state index contributed by atoms with van der Waals surface area (Å²) in [4.78, 5) is 0. The lowest BCUT2D eigenvalue weighted by atomic mass is 10.2. The van der Waals surface area contributed by atoms with E-state index >= 15 is 0 Å². The van der Waals surface area contributed by atoms with Gasteiger partial charge in [0, 0.05) is 11.1 Å². The van der Waals surface area contributed by atoms with Crippen LogP contribution in [0.25, 0.3) is 0 Å². The van der Waals surface area contributed by atoms with E-state index < -0.39 is 0 Å². The van der Waals surface area contributed by atoms with Crippen LogP contribution < -0.4 is 0 Å². The molecule has 0 radical (unpaired) electrons. The largest absolute Gasteiger partial charge is 0.421 e. The third-order valence-corrected chi connectivity index (χ3v) is 2.03. The van der Waals surface area contributed by atoms with Crippen molar-refractivity contribution in [2.24, 2.45) is 0 Å². The molecule has 0 amide bonds. The van der Waals surface area contributed by atoms with Crippen LogP contribution in [0.2, 0.25) is 0 Å². The Kier molecular flexibility index (Phi) is 4.21. The third kappa shape index (κ3) is 2.92. The van der Waals surface area contributed by atoms with E-state index in [9.17, 15) is 0 Å². The summed E-state index contributed by atoms with van der Waals surface area (Å²) in [5, 5.41) is 15.3. The second kappa shape index (κ2) is 5.66. The predicted octanol–water partition coefficient (Wildman–Crippen LogP) is 3.14. The fraction of sp³-hybridized carbons (Fsp3) is 0.0769. The third-order valence-electron chi connectivity index (χ3n) is 2.03. The average molecular weight is 214 g/mol. The van der Waals surface area contributed by atoms with E-state index in [0.29, 0.717) is 11.1 Å². The van der Waals surface area contributed by atoms with Crippen LogP contribution in [0.4, 0.5) is 0 Å². The lowest BCUT2D eigenvalue weighted by Crippen LogP contribution is -2.12. The molecule has 16 heavy (non-hydrogen) atoms. The lowest BCUT2D eigenvalue weighted by molar-refractivity contribution is 0.538. The van der Waals surface area contributed by atoms with Gasteiger partial charge in [-0.05, 0) is 19.1 Å². The highest BCUT2D eigenvalue weighted by atomic mass is 16.5. The average Bonchev–Trinajstić information content (AvgIpc) is 2.31. The molecule has 1 aromatic carbocycles. The Morgan fingerprint density at radius 2 is 1.88 bits per heavy atom. The topological polar surface area (TPSA) is 56.9 Å². The van der Waals surface area contributed by atoms with Crippen molar-refractivity contribution >= 4 is 11.8 Å². The van der Waals surface area contributed by atoms with E-state index in [1.165, 1.54) is 6.08 Å². The van der Waals surface area contributed by atoms with E-state index in [1.807, 2.05) is 18.2 Å². The fourth-order valence-corrected chi connectivity index (χ4v) is 1.15. The van der Waals surface area contributed by atoms with Crippen molar-refractivity contribution in [3.05, 3.63) is 60.2 Å². The van der Waals surface area contributed by atoms with Crippen LogP contribution in [-0.2, 0) is 4.74 Å². The Morgan fingerprint density at radius 3 is 2.38 bits per heavy atom. The maximum Gasteiger partial charge on any atom is 0.221 e. The van der Waals surface area contributed by atoms with Crippen LogP contribution in [0.5, 0.6) is 0 Å². The Morgan fingerprint density at radius 1 is 1.25 bits per heavy atom. The van der Waals surface area contributed by atoms with E-state index in [-0.39, 0.29) is 11.8 Å². The van der Waals surface area contributed by atoms with Crippen LogP contribution in [-0.4, -0.2) is 11.8 Å². The van der Waals surface area contributed by atoms with Crippen molar-refractivity contribution in [1.29, 1.82) is 10.8 Å². The molecule has 0 aliphatic carbocycles. The maximum absolute atomic E-state index is 7.68. The highest BCUT2D eigenvalue weighted by Crippen LogP contribution is 2.05. The van der Waals surface area contributed by atoms with E-state index in [2.05, 4.69) is 6.58 Å². The summed E-state index contributed by atoms with van der Waals surface area (Å²) in [6.07, 6.45) is 3.24. The van der Waals surface area contributed by atoms with Gasteiger partial charge in [-0.25, -0.2) is 0 Å². The van der Waals surface area contributed by atoms with Crippen LogP contribution in [0.1, 0.15) is 12.5 Å². The predicted molar refractivity (Wildman–Crippen MR) is 66.0 cm³/mol. The summed E-state index contributed by atoms with van der Waals surface area (Å²) < 4.78 is 5.11. The number of ether oxygens (including phenoxy) is 1. The summed E-state index contributed by atoms with van der Waals surface area (Å²) >= 11 is 0. The first-order valence-corrected chi connectivity index (χ1v) is 4.88. The van der Waals surface area contributed by atoms with E-state index in [1.54, 1.807) is 25.1 Å². The van der Waals surface area contributed by atoms with Gasteiger partial charge in [-0.1, -0.05) is 36.9 Å². The molecule has 0 aliphatic rings. The standard InChI is InChI=1S/C13H14N2O/c1-3-10(4-2)12(14)16-13(15)11-8-6-5-7-9-11/h3-9,14-15H,1H2,2H3/b10-4+,14-12?,15-13?. The van der Waals surface area contributed by atoms with Crippen molar-refractivity contribution in [3.8, 4) is 0 Å². The van der Waals surface area contributed by atoms with Crippen LogP contribution in [0, 0.1) is 10.8 Å². The summed E-state index contributed by atoms with van der Waals surface area (Å²) in [7, 11) is 0. The minimum absolute atomic E-state index is 0.0354. The Bertz CT molecular complexity index is 433. The van der Waals surface area contributed by atoms with Crippen molar-refractivity contribution in [1.82, 2.24) is 0 Å². The van der Waals surface area contributed by atoms with Gasteiger partial charge in [0.1, 0.15) is 0 Å². The highest BCUT2D eigenvalue weighted by Gasteiger charge is 2.07. The SMILES string of the molecule is C=C/C(=C\C)C(=N)OC(=N)c1ccccc1. The quantitative estimate of drug-likeness (QED) is 0.453. The van der Waals surface area contributed by atoms with E-state index in [0.717, 1.165) is 0 Å². The minimum atomic E-state index is -0.0636. The first-order valence-electron chi connectivity index (χ1n) is 4.88. The van der Waals surface area contributed by atoms with Gasteiger partial charge in [0.2, 0.25) is 11.8 Å². The summed E-state index contributed by atoms with van der Waals surface area (Å²) in [6, 6.07) is 9.03. The first kappa shape index (κ1) is 11.9. The molecule has 0 fully saturated rings. The van der Waals surface area contributed by atoms with Crippen molar-refractivity contribution in [3.63, 3.8) is 0 Å². The molecule has 1 aromatic rings. The van der Waals surface area contributed by atoms with Gasteiger partial charge in [0.05, 0.1) is 0 Å². The number of hydrogen-bond donors (Lipinski definition) is 2. The van der Waals surface area contributed by atoms with Gasteiger partial charge in [0.15, 0.2) is 0 Å². The molecule has 3 nitrogen and oxygen atoms in total. The summed E-state index contributed by atoms with van der Waals surface area (Å²) in [6.45, 7) is 5.37. The van der Waals surface area contributed by atoms with Crippen LogP contribution >= 0.6 is 0 Å². The Hall–Kier alpha value is -2.16. The summed E-state index contributed by atoms with van der Waals surface area (Å²) in [5.74, 6) is -0.0989. The molecule has 0 atom stereocenters. The molecule has 0 aromatic heterocycles. The number of nitrogens with one attached hydrogen (secondary N) is 2. The molecular formula is C13H14N2O. The molecule has 0 bridgehead atoms. The second-order valence-electron chi connectivity index (χ2n) is 3.07. The molecule has 3 heteroatoms. The Balaban J connectivity index is 2.73. The van der Waals surface area contributed by atoms with Crippen LogP contribution in [0.3, 0.4) is 0 Å². The maximum atomic E-state index is 7.68. The molecule has 0 aliphatic heterocycles. The van der Waals surface area contributed by atoms with Gasteiger partial charge in [-0.15, -0.1) is 0 Å². The first-order chi connectivity index (χ1) is 7.69. The minimum Gasteiger partial charge on any atom is -0.421 e. The zero-order valence-corrected chi connectivity index (χ0v) is 9.16. The van der Waals surface area contributed by atoms with Gasteiger partial charge >= 0.3 is 0 Å². The van der Waals surface area contributed by atoms with Crippen molar-refractivity contribution in [2.75, 3.05) is 0 Å². The zero-order chi connectivity index (χ0) is 12.0. The van der Waals surface area contributed by atoms with Crippen molar-refractivity contribution in [2.45, 2.75) is 6.92 Å². The normalized spacial score (nSPS) is 10.7. The molecule has 0 saturated carbocycles. The smallest absolute Gasteiger partial charge is 0.221 e. The summed E-state index contributed by atoms with van der Waals surface area (Å²) in [5.41, 5.74) is 1.22. The highest BCUT2D eigenvalue weighted by molar-refractivity contribution is 6.05. The number of allylic oxidation sites excluding steroid dienone is 1. The number of hydrogen-bond acceptors (Lipinski definition) is 3. The second-order valence-corrected chi connectivity index (χ2v) is 3.07. The lowest BCUT2D eigenvalue weighted by Gasteiger charge is -2.08. The zero-order valence-electron chi connectivity index (χ0n) is 9.16. The van der Waals surface area contributed by atoms with E-state index in [4.69, 9.17) is 15.6 Å².